The molecule has 2 heterocycles. The molecule has 1 aromatic heterocycles. The van der Waals surface area contributed by atoms with Gasteiger partial charge in [0.1, 0.15) is 5.69 Å². The molecule has 22 heavy (non-hydrogen) atoms. The summed E-state index contributed by atoms with van der Waals surface area (Å²) in [5, 5.41) is 6.87. The van der Waals surface area contributed by atoms with Crippen LogP contribution >= 0.6 is 0 Å². The van der Waals surface area contributed by atoms with Gasteiger partial charge in [-0.3, -0.25) is 14.5 Å². The van der Waals surface area contributed by atoms with Crippen LogP contribution in [-0.4, -0.2) is 21.4 Å². The fourth-order valence-electron chi connectivity index (χ4n) is 2.42. The average Bonchev–Trinajstić information content (AvgIpc) is 3.06. The van der Waals surface area contributed by atoms with Crippen LogP contribution in [0.5, 0.6) is 0 Å². The first-order valence-corrected chi connectivity index (χ1v) is 7.18. The van der Waals surface area contributed by atoms with Gasteiger partial charge in [-0.05, 0) is 43.2 Å². The van der Waals surface area contributed by atoms with Crippen molar-refractivity contribution in [2.75, 3.05) is 5.32 Å². The van der Waals surface area contributed by atoms with Gasteiger partial charge in [-0.2, -0.15) is 5.10 Å². The normalized spacial score (nSPS) is 14.2. The summed E-state index contributed by atoms with van der Waals surface area (Å²) in [6.45, 7) is 4.14. The van der Waals surface area contributed by atoms with Crippen molar-refractivity contribution in [2.45, 2.75) is 20.3 Å². The molecule has 0 bridgehead atoms. The lowest BCUT2D eigenvalue weighted by molar-refractivity contribution is 0.101. The third-order valence-electron chi connectivity index (χ3n) is 3.88. The number of carbonyl (C=O) groups excluding carboxylic acids is 1. The van der Waals surface area contributed by atoms with Crippen molar-refractivity contribution < 1.29 is 4.79 Å². The van der Waals surface area contributed by atoms with E-state index in [1.54, 1.807) is 24.0 Å². The zero-order chi connectivity index (χ0) is 15.7. The van der Waals surface area contributed by atoms with E-state index in [0.29, 0.717) is 5.69 Å². The molecule has 1 aliphatic rings. The van der Waals surface area contributed by atoms with Crippen LogP contribution in [0.2, 0.25) is 0 Å². The molecule has 1 N–H and O–H groups in total. The van der Waals surface area contributed by atoms with Crippen LogP contribution in [0.25, 0.3) is 0 Å². The highest BCUT2D eigenvalue weighted by Crippen LogP contribution is 2.23. The Morgan fingerprint density at radius 2 is 1.91 bits per heavy atom. The van der Waals surface area contributed by atoms with Crippen molar-refractivity contribution in [3.8, 4) is 0 Å². The second kappa shape index (κ2) is 5.60. The van der Waals surface area contributed by atoms with Crippen molar-refractivity contribution >= 4 is 17.3 Å². The number of allylic oxidation sites excluding steroid dienone is 2. The van der Waals surface area contributed by atoms with Crippen molar-refractivity contribution in [3.63, 3.8) is 0 Å². The van der Waals surface area contributed by atoms with Gasteiger partial charge >= 0.3 is 0 Å². The number of hydrogen-bond acceptors (Lipinski definition) is 3. The van der Waals surface area contributed by atoms with Gasteiger partial charge in [-0.15, -0.1) is 0 Å². The van der Waals surface area contributed by atoms with Crippen LogP contribution in [-0.2, 0) is 7.05 Å². The summed E-state index contributed by atoms with van der Waals surface area (Å²) in [5.74, 6) is -0.167. The maximum atomic E-state index is 12.1. The molecule has 0 saturated carbocycles. The third kappa shape index (κ3) is 2.70. The number of anilines is 1. The van der Waals surface area contributed by atoms with E-state index >= 15 is 0 Å². The van der Waals surface area contributed by atoms with Gasteiger partial charge in [-0.25, -0.2) is 0 Å². The number of rotatable bonds is 3. The number of benzene rings is 1. The highest BCUT2D eigenvalue weighted by atomic mass is 16.2. The second-order valence-electron chi connectivity index (χ2n) is 5.47. The van der Waals surface area contributed by atoms with Crippen LogP contribution in [0, 0.1) is 0 Å². The van der Waals surface area contributed by atoms with Crippen LogP contribution in [0.4, 0.5) is 5.69 Å². The van der Waals surface area contributed by atoms with Gasteiger partial charge in [-0.1, -0.05) is 12.1 Å². The Balaban J connectivity index is 1.72. The molecule has 0 atom stereocenters. The molecule has 0 aliphatic carbocycles. The lowest BCUT2D eigenvalue weighted by Gasteiger charge is -2.07. The summed E-state index contributed by atoms with van der Waals surface area (Å²) in [5.41, 5.74) is 5.87. The molecule has 0 saturated heterocycles. The van der Waals surface area contributed by atoms with Gasteiger partial charge in [0.25, 0.3) is 5.91 Å². The Hall–Kier alpha value is -2.69. The summed E-state index contributed by atoms with van der Waals surface area (Å²) in [6.07, 6.45) is 2.50. The third-order valence-corrected chi connectivity index (χ3v) is 3.88. The van der Waals surface area contributed by atoms with Crippen LogP contribution in [0.3, 0.4) is 0 Å². The predicted octanol–water partition coefficient (Wildman–Crippen LogP) is 3.16. The van der Waals surface area contributed by atoms with Crippen molar-refractivity contribution in [1.29, 1.82) is 0 Å². The number of nitrogens with one attached hydrogen (secondary N) is 1. The first-order chi connectivity index (χ1) is 10.5. The fraction of sp³-hybridized carbons (Fsp3) is 0.235. The largest absolute Gasteiger partial charge is 0.321 e. The fourth-order valence-corrected chi connectivity index (χ4v) is 2.42. The monoisotopic (exact) mass is 294 g/mol. The van der Waals surface area contributed by atoms with Gasteiger partial charge in [0.05, 0.1) is 5.71 Å². The quantitative estimate of drug-likeness (QED) is 0.945. The molecule has 0 radical (unpaired) electrons. The molecule has 112 valence electrons. The molecule has 1 aromatic carbocycles. The maximum absolute atomic E-state index is 12.1. The summed E-state index contributed by atoms with van der Waals surface area (Å²) in [4.78, 5) is 16.7. The predicted molar refractivity (Wildman–Crippen MR) is 87.1 cm³/mol. The minimum absolute atomic E-state index is 0.167. The Bertz CT molecular complexity index is 781. The SMILES string of the molecule is CC1=C(C)N=C(c2ccc(NC(=O)c3ccnn3C)cc2)C1. The molecule has 0 spiro atoms. The van der Waals surface area contributed by atoms with E-state index < -0.39 is 0 Å². The van der Waals surface area contributed by atoms with E-state index in [4.69, 9.17) is 0 Å². The highest BCUT2D eigenvalue weighted by Gasteiger charge is 2.14. The van der Waals surface area contributed by atoms with E-state index in [2.05, 4.69) is 22.3 Å². The first-order valence-electron chi connectivity index (χ1n) is 7.18. The summed E-state index contributed by atoms with van der Waals surface area (Å²) >= 11 is 0. The zero-order valence-electron chi connectivity index (χ0n) is 12.9. The lowest BCUT2D eigenvalue weighted by atomic mass is 10.0. The number of aromatic nitrogens is 2. The molecule has 3 rings (SSSR count). The van der Waals surface area contributed by atoms with Crippen LogP contribution in [0.15, 0.2) is 52.8 Å². The Labute approximate surface area is 129 Å². The maximum Gasteiger partial charge on any atom is 0.273 e. The van der Waals surface area contributed by atoms with Gasteiger partial charge in [0.2, 0.25) is 0 Å². The van der Waals surface area contributed by atoms with Crippen molar-refractivity contribution in [1.82, 2.24) is 9.78 Å². The Morgan fingerprint density at radius 3 is 2.45 bits per heavy atom. The van der Waals surface area contributed by atoms with E-state index in [1.165, 1.54) is 5.57 Å². The topological polar surface area (TPSA) is 59.3 Å². The summed E-state index contributed by atoms with van der Waals surface area (Å²) < 4.78 is 1.55. The van der Waals surface area contributed by atoms with Crippen LogP contribution in [0.1, 0.15) is 36.3 Å². The molecule has 1 aliphatic heterocycles. The first kappa shape index (κ1) is 14.3. The number of nitrogens with zero attached hydrogens (tertiary/aromatic N) is 3. The average molecular weight is 294 g/mol. The lowest BCUT2D eigenvalue weighted by Crippen LogP contribution is -2.16. The van der Waals surface area contributed by atoms with Crippen molar-refractivity contribution in [2.24, 2.45) is 12.0 Å². The molecule has 0 unspecified atom stereocenters. The van der Waals surface area contributed by atoms with E-state index in [-0.39, 0.29) is 5.91 Å². The van der Waals surface area contributed by atoms with Gasteiger partial charge < -0.3 is 5.32 Å². The van der Waals surface area contributed by atoms with Gasteiger partial charge in [0.15, 0.2) is 0 Å². The van der Waals surface area contributed by atoms with E-state index in [1.807, 2.05) is 31.2 Å². The van der Waals surface area contributed by atoms with E-state index in [9.17, 15) is 4.79 Å². The second-order valence-corrected chi connectivity index (χ2v) is 5.47. The molecule has 5 heteroatoms. The van der Waals surface area contributed by atoms with Crippen LogP contribution < -0.4 is 5.32 Å². The highest BCUT2D eigenvalue weighted by molar-refractivity contribution is 6.05. The standard InChI is InChI=1S/C17H18N4O/c1-11-10-15(19-12(11)2)13-4-6-14(7-5-13)20-17(22)16-8-9-18-21(16)3/h4-9H,10H2,1-3H3,(H,20,22). The van der Waals surface area contributed by atoms with Gasteiger partial charge in [0, 0.05) is 31.0 Å². The Morgan fingerprint density at radius 1 is 1.18 bits per heavy atom. The number of hydrogen-bond donors (Lipinski definition) is 1. The summed E-state index contributed by atoms with van der Waals surface area (Å²) in [6, 6.07) is 9.46. The van der Waals surface area contributed by atoms with Crippen molar-refractivity contribution in [3.05, 3.63) is 59.1 Å². The molecular weight excluding hydrogens is 276 g/mol. The zero-order valence-corrected chi connectivity index (χ0v) is 12.9. The molecular formula is C17H18N4O. The molecule has 1 amide bonds. The molecule has 0 fully saturated rings. The number of carbonyl (C=O) groups is 1. The molecule has 2 aromatic rings. The number of amides is 1. The minimum Gasteiger partial charge on any atom is -0.321 e. The number of aliphatic imine (C=N–C) groups is 1. The molecule has 5 nitrogen and oxygen atoms in total. The summed E-state index contributed by atoms with van der Waals surface area (Å²) in [7, 11) is 1.74. The minimum atomic E-state index is -0.167. The number of aryl methyl sites for hydroxylation is 1. The van der Waals surface area contributed by atoms with E-state index in [0.717, 1.165) is 29.1 Å². The Kier molecular flexibility index (Phi) is 3.63. The smallest absolute Gasteiger partial charge is 0.273 e.